The van der Waals surface area contributed by atoms with Crippen molar-refractivity contribution >= 4 is 103 Å². The van der Waals surface area contributed by atoms with E-state index in [1.807, 2.05) is 0 Å². The summed E-state index contributed by atoms with van der Waals surface area (Å²) in [5.74, 6) is 0. The summed E-state index contributed by atoms with van der Waals surface area (Å²) in [7, 11) is 0. The topological polar surface area (TPSA) is 63.4 Å². The van der Waals surface area contributed by atoms with Crippen molar-refractivity contribution in [2.75, 3.05) is 0 Å². The zero-order valence-electron chi connectivity index (χ0n) is 7.53. The molecule has 7 heavy (non-hydrogen) atoms. The molecule has 4 nitrogen and oxygen atoms in total. The van der Waals surface area contributed by atoms with Gasteiger partial charge in [-0.15, -0.1) is 22.5 Å². The molecule has 0 rings (SSSR count). The molecular weight excluding hydrogens is 273 g/mol. The number of hydrogen-bond acceptors (Lipinski definition) is 2. The van der Waals surface area contributed by atoms with Crippen molar-refractivity contribution in [1.82, 2.24) is 0 Å². The van der Waals surface area contributed by atoms with Crippen molar-refractivity contribution in [2.45, 2.75) is 0 Å². The molecule has 0 saturated carbocycles. The van der Waals surface area contributed by atoms with Gasteiger partial charge in [-0.1, -0.05) is 0 Å². The van der Waals surface area contributed by atoms with Gasteiger partial charge < -0.3 is 10.9 Å². The molecule has 0 aromatic rings. The van der Waals surface area contributed by atoms with E-state index in [0.29, 0.717) is 0 Å². The van der Waals surface area contributed by atoms with Gasteiger partial charge in [-0.2, -0.15) is 0 Å². The predicted octanol–water partition coefficient (Wildman–Crippen LogP) is -0.238. The zero-order valence-corrected chi connectivity index (χ0v) is 11.3. The second-order valence-electron chi connectivity index (χ2n) is 0.238. The molecule has 0 aliphatic carbocycles. The van der Waals surface area contributed by atoms with E-state index in [-0.39, 0.29) is 109 Å². The molecule has 0 saturated heterocycles. The summed E-state index contributed by atoms with van der Waals surface area (Å²) >= 11 is 0. The molecule has 7 heteroatoms. The Morgan fingerprint density at radius 2 is 1.57 bits per heavy atom. The SMILES string of the molecule is Cl.O=[N+]([O-])O.[H-].[H-].[H-].[H-].[Sr+2].[Sr+2]. The van der Waals surface area contributed by atoms with Crippen molar-refractivity contribution in [2.24, 2.45) is 0 Å². The van der Waals surface area contributed by atoms with Crippen molar-refractivity contribution in [3.05, 3.63) is 10.1 Å². The van der Waals surface area contributed by atoms with Gasteiger partial charge in [0.1, 0.15) is 0 Å². The van der Waals surface area contributed by atoms with Crippen LogP contribution in [0.25, 0.3) is 0 Å². The summed E-state index contributed by atoms with van der Waals surface area (Å²) in [6, 6.07) is 0. The summed E-state index contributed by atoms with van der Waals surface area (Å²) < 4.78 is 0. The van der Waals surface area contributed by atoms with Crippen LogP contribution in [0.2, 0.25) is 0 Å². The van der Waals surface area contributed by atoms with Crippen LogP contribution in [0.3, 0.4) is 0 Å². The number of halogens is 1. The first kappa shape index (κ1) is 22.7. The van der Waals surface area contributed by atoms with E-state index in [9.17, 15) is 0 Å². The van der Waals surface area contributed by atoms with E-state index in [1.54, 1.807) is 0 Å². The molecule has 0 aliphatic rings. The molecule has 0 atom stereocenters. The number of nitrogens with zero attached hydrogens (tertiary/aromatic N) is 1. The third kappa shape index (κ3) is 58.5. The molecule has 0 aromatic carbocycles. The van der Waals surface area contributed by atoms with Crippen LogP contribution in [0.15, 0.2) is 0 Å². The first-order chi connectivity index (χ1) is 1.73. The molecule has 1 N–H and O–H groups in total. The van der Waals surface area contributed by atoms with Crippen molar-refractivity contribution in [3.8, 4) is 0 Å². The van der Waals surface area contributed by atoms with Crippen molar-refractivity contribution in [1.29, 1.82) is 0 Å². The third-order valence-electron chi connectivity index (χ3n) is 0. The Balaban J connectivity index is -0.00000000214. The van der Waals surface area contributed by atoms with Crippen LogP contribution >= 0.6 is 12.4 Å². The maximum Gasteiger partial charge on any atom is 2.00 e. The van der Waals surface area contributed by atoms with Crippen LogP contribution < -0.4 is 0 Å². The molecule has 0 spiro atoms. The number of hydrogen-bond donors (Lipinski definition) is 1. The first-order valence-electron chi connectivity index (χ1n) is 0.565. The van der Waals surface area contributed by atoms with Gasteiger partial charge in [-0.05, 0) is 0 Å². The summed E-state index contributed by atoms with van der Waals surface area (Å²) in [5.41, 5.74) is 0. The van der Waals surface area contributed by atoms with Gasteiger partial charge in [-0.25, -0.2) is 0 Å². The predicted molar refractivity (Wildman–Crippen MR) is 32.0 cm³/mol. The van der Waals surface area contributed by atoms with Gasteiger partial charge >= 0.3 is 91.0 Å². The van der Waals surface area contributed by atoms with E-state index in [0.717, 1.165) is 0 Å². The fourth-order valence-corrected chi connectivity index (χ4v) is 0. The largest absolute Gasteiger partial charge is 2.00 e. The van der Waals surface area contributed by atoms with Gasteiger partial charge in [0.15, 0.2) is 0 Å². The smallest absolute Gasteiger partial charge is 1.00 e. The van der Waals surface area contributed by atoms with E-state index in [4.69, 9.17) is 15.3 Å². The zero-order chi connectivity index (χ0) is 3.58. The minimum Gasteiger partial charge on any atom is -1.00 e. The third-order valence-corrected chi connectivity index (χ3v) is 0. The molecule has 0 aliphatic heterocycles. The van der Waals surface area contributed by atoms with E-state index < -0.39 is 5.09 Å². The Labute approximate surface area is 127 Å². The van der Waals surface area contributed by atoms with Crippen molar-refractivity contribution < 1.29 is 16.0 Å². The minimum atomic E-state index is -1.50. The fraction of sp³-hybridized carbons (Fsp3) is 0. The monoisotopic (exact) mass is 279 g/mol. The Bertz CT molecular complexity index is 46.3. The van der Waals surface area contributed by atoms with Crippen LogP contribution in [-0.4, -0.2) is 101 Å². The van der Waals surface area contributed by atoms with Gasteiger partial charge in [0.25, 0.3) is 5.09 Å². The maximum atomic E-state index is 8.36. The summed E-state index contributed by atoms with van der Waals surface area (Å²) in [6.45, 7) is 0. The van der Waals surface area contributed by atoms with E-state index in [2.05, 4.69) is 0 Å². The Hall–Kier alpha value is 2.45. The molecular formula is H6ClNO3Sr2. The van der Waals surface area contributed by atoms with E-state index >= 15 is 0 Å². The average molecular weight is 279 g/mol. The van der Waals surface area contributed by atoms with Gasteiger partial charge in [0.2, 0.25) is 0 Å². The number of rotatable bonds is 0. The van der Waals surface area contributed by atoms with Crippen LogP contribution in [0.5, 0.6) is 0 Å². The first-order valence-corrected chi connectivity index (χ1v) is 0.565. The Morgan fingerprint density at radius 3 is 1.57 bits per heavy atom. The van der Waals surface area contributed by atoms with Crippen LogP contribution in [0.4, 0.5) is 0 Å². The van der Waals surface area contributed by atoms with E-state index in [1.165, 1.54) is 0 Å². The molecule has 40 valence electrons. The molecule has 0 heterocycles. The molecule has 0 bridgehead atoms. The Morgan fingerprint density at radius 1 is 1.57 bits per heavy atom. The van der Waals surface area contributed by atoms with Crippen molar-refractivity contribution in [3.63, 3.8) is 0 Å². The van der Waals surface area contributed by atoms with Crippen LogP contribution in [-0.2, 0) is 0 Å². The Kier molecular flexibility index (Phi) is 51.2. The van der Waals surface area contributed by atoms with Crippen LogP contribution in [0.1, 0.15) is 5.71 Å². The second-order valence-corrected chi connectivity index (χ2v) is 0.238. The quantitative estimate of drug-likeness (QED) is 0.378. The molecule has 0 fully saturated rings. The van der Waals surface area contributed by atoms with Crippen LogP contribution in [0, 0.1) is 10.1 Å². The summed E-state index contributed by atoms with van der Waals surface area (Å²) in [6.07, 6.45) is 0. The normalized spacial score (nSPS) is 3.43. The van der Waals surface area contributed by atoms with Gasteiger partial charge in [-0.3, -0.25) is 0 Å². The molecule has 0 radical (unpaired) electrons. The van der Waals surface area contributed by atoms with Gasteiger partial charge in [0, 0.05) is 0 Å². The fourth-order valence-electron chi connectivity index (χ4n) is 0. The minimum absolute atomic E-state index is 0. The maximum absolute atomic E-state index is 8.36. The average Bonchev–Trinajstić information content (AvgIpc) is 0.811. The molecule has 0 unspecified atom stereocenters. The standard InChI is InChI=1S/ClH.HNO3.2Sr.4H/c;2-1(3)4;;;;;;/h1H;(H,2,3,4);;;;;;/q;;2*+2;4*-1. The molecule has 0 aromatic heterocycles. The van der Waals surface area contributed by atoms with Gasteiger partial charge in [0.05, 0.1) is 0 Å². The molecule has 0 amide bonds. The second kappa shape index (κ2) is 15.8. The summed E-state index contributed by atoms with van der Waals surface area (Å²) in [4.78, 5) is 8.36. The summed E-state index contributed by atoms with van der Waals surface area (Å²) in [5, 5.41) is 13.6.